The fourth-order valence-electron chi connectivity index (χ4n) is 4.30. The van der Waals surface area contributed by atoms with Gasteiger partial charge >= 0.3 is 6.09 Å². The predicted octanol–water partition coefficient (Wildman–Crippen LogP) is 3.93. The van der Waals surface area contributed by atoms with Crippen molar-refractivity contribution in [2.24, 2.45) is 0 Å². The summed E-state index contributed by atoms with van der Waals surface area (Å²) in [6.45, 7) is 3.97. The molecule has 1 aromatic rings. The molecule has 2 bridgehead atoms. The van der Waals surface area contributed by atoms with Gasteiger partial charge in [0.1, 0.15) is 6.61 Å². The first-order valence-electron chi connectivity index (χ1n) is 10.2. The van der Waals surface area contributed by atoms with Crippen LogP contribution in [-0.2, 0) is 21.3 Å². The molecule has 1 N–H and O–H groups in total. The van der Waals surface area contributed by atoms with Crippen LogP contribution in [0.15, 0.2) is 36.9 Å². The second kappa shape index (κ2) is 11.0. The van der Waals surface area contributed by atoms with Crippen LogP contribution < -0.4 is 5.32 Å². The number of hydrogen-bond donors (Lipinski definition) is 1. The summed E-state index contributed by atoms with van der Waals surface area (Å²) in [5.41, 5.74) is 0.450. The molecule has 2 saturated heterocycles. The number of nitrogens with one attached hydrogen (secondary N) is 1. The highest BCUT2D eigenvalue weighted by molar-refractivity contribution is 7.95. The highest BCUT2D eigenvalue weighted by Crippen LogP contribution is 2.39. The average molecular weight is 482 g/mol. The van der Waals surface area contributed by atoms with Crippen LogP contribution in [0.3, 0.4) is 0 Å². The van der Waals surface area contributed by atoms with E-state index in [9.17, 15) is 14.4 Å². The zero-order chi connectivity index (χ0) is 22.4. The maximum absolute atomic E-state index is 12.8. The molecule has 2 aliphatic heterocycles. The lowest BCUT2D eigenvalue weighted by molar-refractivity contribution is -0.128. The third kappa shape index (κ3) is 5.82. The fourth-order valence-corrected chi connectivity index (χ4v) is 5.67. The Morgan fingerprint density at radius 1 is 1.32 bits per heavy atom. The summed E-state index contributed by atoms with van der Waals surface area (Å²) in [5, 5.41) is 3.23. The van der Waals surface area contributed by atoms with Crippen molar-refractivity contribution in [2.45, 2.75) is 50.2 Å². The number of carbonyl (C=O) groups is 3. The van der Waals surface area contributed by atoms with Crippen LogP contribution in [0.2, 0.25) is 5.02 Å². The van der Waals surface area contributed by atoms with E-state index in [0.717, 1.165) is 12.8 Å². The first kappa shape index (κ1) is 23.6. The second-order valence-electron chi connectivity index (χ2n) is 7.62. The summed E-state index contributed by atoms with van der Waals surface area (Å²) in [4.78, 5) is 39.2. The Morgan fingerprint density at radius 2 is 2.03 bits per heavy atom. The summed E-state index contributed by atoms with van der Waals surface area (Å²) < 4.78 is 6.90. The van der Waals surface area contributed by atoms with Crippen LogP contribution in [0.5, 0.6) is 0 Å². The molecule has 10 heteroatoms. The van der Waals surface area contributed by atoms with Gasteiger partial charge < -0.3 is 15.0 Å². The molecule has 31 heavy (non-hydrogen) atoms. The molecule has 0 spiro atoms. The minimum atomic E-state index is -0.316. The Kier molecular flexibility index (Phi) is 8.41. The molecule has 2 aliphatic rings. The Labute approximate surface area is 193 Å². The minimum Gasteiger partial charge on any atom is -0.445 e. The Bertz CT molecular complexity index is 857. The van der Waals surface area contributed by atoms with Gasteiger partial charge in [0.2, 0.25) is 5.91 Å². The highest BCUT2D eigenvalue weighted by Gasteiger charge is 2.46. The van der Waals surface area contributed by atoms with Crippen LogP contribution >= 0.6 is 19.1 Å². The lowest BCUT2D eigenvalue weighted by Crippen LogP contribution is -2.52. The number of amides is 3. The molecule has 2 heterocycles. The molecular weight excluding hydrogens is 457 g/mol. The smallest absolute Gasteiger partial charge is 0.410 e. The number of ether oxygens (including phenoxy) is 1. The van der Waals surface area contributed by atoms with E-state index in [1.54, 1.807) is 35.0 Å². The van der Waals surface area contributed by atoms with E-state index in [0.29, 0.717) is 30.9 Å². The topological polar surface area (TPSA) is 79.0 Å². The maximum Gasteiger partial charge on any atom is 0.410 e. The molecule has 0 aromatic heterocycles. The van der Waals surface area contributed by atoms with Crippen molar-refractivity contribution in [3.63, 3.8) is 0 Å². The monoisotopic (exact) mass is 481 g/mol. The van der Waals surface area contributed by atoms with E-state index >= 15 is 0 Å². The van der Waals surface area contributed by atoms with E-state index in [-0.39, 0.29) is 55.6 Å². The Hall–Kier alpha value is -2.02. The summed E-state index contributed by atoms with van der Waals surface area (Å²) in [5.74, 6) is -0.377. The molecule has 3 atom stereocenters. The number of fused-ring (bicyclic) bond motifs is 2. The molecule has 1 aromatic carbocycles. The van der Waals surface area contributed by atoms with Crippen molar-refractivity contribution in [1.29, 1.82) is 0 Å². The van der Waals surface area contributed by atoms with Crippen molar-refractivity contribution in [2.75, 3.05) is 13.2 Å². The maximum atomic E-state index is 12.8. The summed E-state index contributed by atoms with van der Waals surface area (Å²) in [6.07, 6.45) is 4.56. The van der Waals surface area contributed by atoms with Crippen molar-refractivity contribution >= 4 is 48.8 Å². The van der Waals surface area contributed by atoms with E-state index in [1.807, 2.05) is 4.90 Å². The standard InChI is InChI=1S/C21H25ClN3O4PS/c1-2-10-29-21(28)24-16-6-7-17(24)13-18(12-16)25(30-31)19(26)8-9-23-20(27)14-4-3-5-15(22)11-14/h2-5,11,16-18H,1,6-10,12-13H2,(H,23,27)/t16-,17+,18-. The molecular formula is C21H25ClN3O4PS. The van der Waals surface area contributed by atoms with E-state index in [2.05, 4.69) is 11.9 Å². The van der Waals surface area contributed by atoms with Gasteiger partial charge in [-0.2, -0.15) is 0 Å². The van der Waals surface area contributed by atoms with Gasteiger partial charge in [0.05, 0.1) is 7.51 Å². The van der Waals surface area contributed by atoms with Crippen molar-refractivity contribution < 1.29 is 19.1 Å². The zero-order valence-electron chi connectivity index (χ0n) is 17.0. The first-order valence-corrected chi connectivity index (χ1v) is 12.4. The number of hydrogen-bond acceptors (Lipinski definition) is 5. The Morgan fingerprint density at radius 3 is 2.65 bits per heavy atom. The van der Waals surface area contributed by atoms with Crippen molar-refractivity contribution in [1.82, 2.24) is 14.9 Å². The highest BCUT2D eigenvalue weighted by atomic mass is 35.5. The molecule has 7 nitrogen and oxygen atoms in total. The number of carbonyl (C=O) groups excluding carboxylic acids is 3. The fraction of sp³-hybridized carbons (Fsp3) is 0.476. The molecule has 166 valence electrons. The summed E-state index contributed by atoms with van der Waals surface area (Å²) >= 11 is 11.1. The third-order valence-corrected chi connectivity index (χ3v) is 7.13. The minimum absolute atomic E-state index is 0.0174. The number of piperidine rings is 1. The van der Waals surface area contributed by atoms with Crippen LogP contribution in [0, 0.1) is 0 Å². The lowest BCUT2D eigenvalue weighted by atomic mass is 9.97. The molecule has 3 rings (SSSR count). The van der Waals surface area contributed by atoms with Crippen LogP contribution in [0.25, 0.3) is 0 Å². The molecule has 0 aliphatic carbocycles. The molecule has 2 fully saturated rings. The number of halogens is 1. The van der Waals surface area contributed by atoms with Gasteiger partial charge in [-0.05, 0) is 55.7 Å². The Balaban J connectivity index is 1.52. The number of benzene rings is 1. The largest absolute Gasteiger partial charge is 0.445 e. The quantitative estimate of drug-likeness (QED) is 0.449. The normalized spacial score (nSPS) is 22.1. The van der Waals surface area contributed by atoms with Gasteiger partial charge in [-0.3, -0.25) is 14.3 Å². The van der Waals surface area contributed by atoms with E-state index in [4.69, 9.17) is 28.1 Å². The van der Waals surface area contributed by atoms with Gasteiger partial charge in [0.15, 0.2) is 0 Å². The van der Waals surface area contributed by atoms with Gasteiger partial charge in [-0.15, -0.1) is 0 Å². The van der Waals surface area contributed by atoms with Crippen LogP contribution in [-0.4, -0.2) is 58.8 Å². The zero-order valence-corrected chi connectivity index (χ0v) is 19.5. The van der Waals surface area contributed by atoms with Gasteiger partial charge in [-0.1, -0.05) is 30.3 Å². The lowest BCUT2D eigenvalue weighted by Gasteiger charge is -2.40. The molecule has 0 radical (unpaired) electrons. The number of rotatable bonds is 8. The summed E-state index contributed by atoms with van der Waals surface area (Å²) in [6, 6.07) is 6.73. The average Bonchev–Trinajstić information content (AvgIpc) is 3.02. The van der Waals surface area contributed by atoms with E-state index < -0.39 is 0 Å². The summed E-state index contributed by atoms with van der Waals surface area (Å²) in [7, 11) is 0.453. The second-order valence-corrected chi connectivity index (χ2v) is 9.14. The predicted molar refractivity (Wildman–Crippen MR) is 123 cm³/mol. The van der Waals surface area contributed by atoms with Crippen molar-refractivity contribution in [3.8, 4) is 0 Å². The van der Waals surface area contributed by atoms with Gasteiger partial charge in [0, 0.05) is 41.7 Å². The van der Waals surface area contributed by atoms with Gasteiger partial charge in [-0.25, -0.2) is 4.79 Å². The number of nitrogens with zero attached hydrogens (tertiary/aromatic N) is 2. The van der Waals surface area contributed by atoms with Crippen LogP contribution in [0.4, 0.5) is 4.79 Å². The molecule has 0 saturated carbocycles. The SMILES string of the molecule is C=CCOC(=O)N1[C@@H]2CC[C@H]1C[C@H](N(P=S)C(=O)CCNC(=O)c1cccc(Cl)c1)C2. The van der Waals surface area contributed by atoms with Gasteiger partial charge in [0.25, 0.3) is 5.91 Å². The van der Waals surface area contributed by atoms with Crippen molar-refractivity contribution in [3.05, 3.63) is 47.5 Å². The third-order valence-electron chi connectivity index (χ3n) is 5.64. The first-order chi connectivity index (χ1) is 14.9. The molecule has 3 amide bonds. The van der Waals surface area contributed by atoms with Crippen LogP contribution in [0.1, 0.15) is 42.5 Å². The van der Waals surface area contributed by atoms with E-state index in [1.165, 1.54) is 0 Å². The molecule has 0 unspecified atom stereocenters.